The predicted molar refractivity (Wildman–Crippen MR) is 90.2 cm³/mol. The molecule has 0 spiro atoms. The molecule has 2 N–H and O–H groups in total. The lowest BCUT2D eigenvalue weighted by atomic mass is 10.2. The number of carbonyl (C=O) groups excluding carboxylic acids is 1. The second kappa shape index (κ2) is 6.98. The number of amides is 2. The molecule has 2 aromatic carbocycles. The Bertz CT molecular complexity index is 621. The van der Waals surface area contributed by atoms with E-state index in [1.54, 1.807) is 0 Å². The van der Waals surface area contributed by atoms with Crippen LogP contribution in [-0.4, -0.2) is 19.1 Å². The van der Waals surface area contributed by atoms with Gasteiger partial charge < -0.3 is 15.5 Å². The van der Waals surface area contributed by atoms with E-state index >= 15 is 0 Å². The third-order valence-corrected chi connectivity index (χ3v) is 3.87. The fraction of sp³-hybridized carbons (Fsp3) is 0.278. The molecule has 2 amide bonds. The summed E-state index contributed by atoms with van der Waals surface area (Å²) < 4.78 is 0. The minimum atomic E-state index is -0.178. The van der Waals surface area contributed by atoms with Crippen molar-refractivity contribution >= 4 is 17.4 Å². The van der Waals surface area contributed by atoms with Crippen LogP contribution in [0.5, 0.6) is 0 Å². The first kappa shape index (κ1) is 14.4. The van der Waals surface area contributed by atoms with E-state index in [-0.39, 0.29) is 6.03 Å². The van der Waals surface area contributed by atoms with E-state index in [1.807, 2.05) is 48.5 Å². The van der Waals surface area contributed by atoms with Crippen LogP contribution in [0.3, 0.4) is 0 Å². The molecule has 1 aliphatic heterocycles. The highest BCUT2D eigenvalue weighted by molar-refractivity contribution is 5.89. The Balaban J connectivity index is 1.56. The zero-order valence-corrected chi connectivity index (χ0v) is 12.6. The van der Waals surface area contributed by atoms with Gasteiger partial charge in [-0.25, -0.2) is 4.79 Å². The lowest BCUT2D eigenvalue weighted by Gasteiger charge is -2.18. The SMILES string of the molecule is O=C(NCc1ccccc1)Nc1cccc(N2CCCC2)c1. The summed E-state index contributed by atoms with van der Waals surface area (Å²) >= 11 is 0. The van der Waals surface area contributed by atoms with Crippen LogP contribution in [0.2, 0.25) is 0 Å². The maximum absolute atomic E-state index is 12.0. The molecule has 0 radical (unpaired) electrons. The summed E-state index contributed by atoms with van der Waals surface area (Å²) in [6.45, 7) is 2.73. The van der Waals surface area contributed by atoms with Gasteiger partial charge in [0.1, 0.15) is 0 Å². The summed E-state index contributed by atoms with van der Waals surface area (Å²) in [4.78, 5) is 14.3. The van der Waals surface area contributed by atoms with Gasteiger partial charge in [-0.2, -0.15) is 0 Å². The normalized spacial score (nSPS) is 13.9. The molecule has 0 aromatic heterocycles. The van der Waals surface area contributed by atoms with Gasteiger partial charge in [0.25, 0.3) is 0 Å². The van der Waals surface area contributed by atoms with Gasteiger partial charge in [0.05, 0.1) is 0 Å². The van der Waals surface area contributed by atoms with Gasteiger partial charge >= 0.3 is 6.03 Å². The molecule has 2 aromatic rings. The van der Waals surface area contributed by atoms with Crippen LogP contribution in [0.25, 0.3) is 0 Å². The van der Waals surface area contributed by atoms with Gasteiger partial charge in [-0.1, -0.05) is 36.4 Å². The van der Waals surface area contributed by atoms with Crippen LogP contribution in [0.1, 0.15) is 18.4 Å². The van der Waals surface area contributed by atoms with E-state index in [1.165, 1.54) is 18.5 Å². The maximum atomic E-state index is 12.0. The summed E-state index contributed by atoms with van der Waals surface area (Å²) in [5.41, 5.74) is 3.09. The largest absolute Gasteiger partial charge is 0.371 e. The lowest BCUT2D eigenvalue weighted by Crippen LogP contribution is -2.28. The first-order valence-electron chi connectivity index (χ1n) is 7.75. The number of nitrogens with one attached hydrogen (secondary N) is 2. The standard InChI is InChI=1S/C18H21N3O/c22-18(19-14-15-7-2-1-3-8-15)20-16-9-6-10-17(13-16)21-11-4-5-12-21/h1-3,6-10,13H,4-5,11-12,14H2,(H2,19,20,22). The molecule has 22 heavy (non-hydrogen) atoms. The highest BCUT2D eigenvalue weighted by Gasteiger charge is 2.12. The minimum absolute atomic E-state index is 0.178. The van der Waals surface area contributed by atoms with E-state index in [4.69, 9.17) is 0 Å². The number of carbonyl (C=O) groups is 1. The number of hydrogen-bond acceptors (Lipinski definition) is 2. The Morgan fingerprint density at radius 2 is 1.77 bits per heavy atom. The van der Waals surface area contributed by atoms with Crippen molar-refractivity contribution in [1.82, 2.24) is 5.32 Å². The monoisotopic (exact) mass is 295 g/mol. The molecular formula is C18H21N3O. The van der Waals surface area contributed by atoms with E-state index in [0.717, 1.165) is 24.3 Å². The molecule has 1 fully saturated rings. The molecule has 1 saturated heterocycles. The molecule has 0 saturated carbocycles. The van der Waals surface area contributed by atoms with Crippen LogP contribution in [0, 0.1) is 0 Å². The average Bonchev–Trinajstić information content (AvgIpc) is 3.09. The van der Waals surface area contributed by atoms with Gasteiger partial charge in [-0.05, 0) is 36.6 Å². The van der Waals surface area contributed by atoms with Gasteiger partial charge in [-0.3, -0.25) is 0 Å². The summed E-state index contributed by atoms with van der Waals surface area (Å²) in [7, 11) is 0. The Morgan fingerprint density at radius 1 is 1.00 bits per heavy atom. The van der Waals surface area contributed by atoms with Crippen molar-refractivity contribution in [3.63, 3.8) is 0 Å². The first-order valence-corrected chi connectivity index (χ1v) is 7.75. The first-order chi connectivity index (χ1) is 10.8. The third kappa shape index (κ3) is 3.79. The molecule has 0 atom stereocenters. The molecule has 3 rings (SSSR count). The van der Waals surface area contributed by atoms with Crippen molar-refractivity contribution in [3.05, 3.63) is 60.2 Å². The second-order valence-electron chi connectivity index (χ2n) is 5.54. The topological polar surface area (TPSA) is 44.4 Å². The molecule has 114 valence electrons. The van der Waals surface area contributed by atoms with Crippen LogP contribution in [-0.2, 0) is 6.54 Å². The highest BCUT2D eigenvalue weighted by atomic mass is 16.2. The van der Waals surface area contributed by atoms with E-state index in [2.05, 4.69) is 21.6 Å². The third-order valence-electron chi connectivity index (χ3n) is 3.87. The summed E-state index contributed by atoms with van der Waals surface area (Å²) in [5, 5.41) is 5.77. The zero-order valence-electron chi connectivity index (χ0n) is 12.6. The molecule has 0 bridgehead atoms. The number of benzene rings is 2. The smallest absolute Gasteiger partial charge is 0.319 e. The van der Waals surface area contributed by atoms with Crippen molar-refractivity contribution in [3.8, 4) is 0 Å². The van der Waals surface area contributed by atoms with Gasteiger partial charge in [0.15, 0.2) is 0 Å². The quantitative estimate of drug-likeness (QED) is 0.905. The molecule has 1 aliphatic rings. The number of anilines is 2. The highest BCUT2D eigenvalue weighted by Crippen LogP contribution is 2.23. The Morgan fingerprint density at radius 3 is 2.55 bits per heavy atom. The van der Waals surface area contributed by atoms with E-state index in [9.17, 15) is 4.79 Å². The number of rotatable bonds is 4. The Hall–Kier alpha value is -2.49. The molecule has 0 aliphatic carbocycles. The van der Waals surface area contributed by atoms with Crippen molar-refractivity contribution < 1.29 is 4.79 Å². The number of nitrogens with zero attached hydrogens (tertiary/aromatic N) is 1. The van der Waals surface area contributed by atoms with Gasteiger partial charge in [0, 0.05) is 31.0 Å². The number of urea groups is 1. The van der Waals surface area contributed by atoms with E-state index < -0.39 is 0 Å². The Labute approximate surface area is 131 Å². The van der Waals surface area contributed by atoms with Crippen LogP contribution >= 0.6 is 0 Å². The van der Waals surface area contributed by atoms with Gasteiger partial charge in [-0.15, -0.1) is 0 Å². The second-order valence-corrected chi connectivity index (χ2v) is 5.54. The lowest BCUT2D eigenvalue weighted by molar-refractivity contribution is 0.251. The summed E-state index contributed by atoms with van der Waals surface area (Å²) in [6.07, 6.45) is 2.49. The maximum Gasteiger partial charge on any atom is 0.319 e. The molecular weight excluding hydrogens is 274 g/mol. The molecule has 1 heterocycles. The summed E-state index contributed by atoms with van der Waals surface area (Å²) in [5.74, 6) is 0. The average molecular weight is 295 g/mol. The molecule has 0 unspecified atom stereocenters. The number of hydrogen-bond donors (Lipinski definition) is 2. The van der Waals surface area contributed by atoms with Crippen molar-refractivity contribution in [2.75, 3.05) is 23.3 Å². The van der Waals surface area contributed by atoms with Crippen molar-refractivity contribution in [2.45, 2.75) is 19.4 Å². The summed E-state index contributed by atoms with van der Waals surface area (Å²) in [6, 6.07) is 17.7. The molecule has 4 nitrogen and oxygen atoms in total. The van der Waals surface area contributed by atoms with Gasteiger partial charge in [0.2, 0.25) is 0 Å². The zero-order chi connectivity index (χ0) is 15.2. The minimum Gasteiger partial charge on any atom is -0.371 e. The van der Waals surface area contributed by atoms with E-state index in [0.29, 0.717) is 6.54 Å². The fourth-order valence-corrected chi connectivity index (χ4v) is 2.71. The fourth-order valence-electron chi connectivity index (χ4n) is 2.71. The van der Waals surface area contributed by atoms with Crippen molar-refractivity contribution in [2.24, 2.45) is 0 Å². The van der Waals surface area contributed by atoms with Crippen LogP contribution in [0.4, 0.5) is 16.2 Å². The van der Waals surface area contributed by atoms with Crippen LogP contribution < -0.4 is 15.5 Å². The predicted octanol–water partition coefficient (Wildman–Crippen LogP) is 3.61. The van der Waals surface area contributed by atoms with Crippen LogP contribution in [0.15, 0.2) is 54.6 Å². The Kier molecular flexibility index (Phi) is 4.59. The molecule has 4 heteroatoms. The van der Waals surface area contributed by atoms with Crippen molar-refractivity contribution in [1.29, 1.82) is 0 Å².